The number of benzene rings is 2. The highest BCUT2D eigenvalue weighted by molar-refractivity contribution is 9.10. The normalized spacial score (nSPS) is 10.7. The van der Waals surface area contributed by atoms with E-state index in [1.165, 1.54) is 5.56 Å². The molecule has 0 aliphatic heterocycles. The van der Waals surface area contributed by atoms with Crippen LogP contribution >= 0.6 is 15.9 Å². The molecule has 1 amide bonds. The van der Waals surface area contributed by atoms with Gasteiger partial charge in [-0.2, -0.15) is 5.10 Å². The minimum atomic E-state index is -0.366. The van der Waals surface area contributed by atoms with E-state index in [1.54, 1.807) is 29.2 Å². The van der Waals surface area contributed by atoms with Crippen molar-refractivity contribution >= 4 is 27.5 Å². The lowest BCUT2D eigenvalue weighted by atomic mass is 10.1. The number of furan rings is 1. The summed E-state index contributed by atoms with van der Waals surface area (Å²) in [5.74, 6) is 1.89. The number of carbonyl (C=O) groups is 1. The second-order valence-corrected chi connectivity index (χ2v) is 8.19. The number of nitrogens with zero attached hydrogens (tertiary/aromatic N) is 2. The third-order valence-corrected chi connectivity index (χ3v) is 5.18. The minimum Gasteiger partial charge on any atom is -0.486 e. The number of hydrogen-bond acceptors (Lipinski definition) is 5. The van der Waals surface area contributed by atoms with Crippen molar-refractivity contribution in [2.75, 3.05) is 5.32 Å². The molecular weight excluding hydrogens is 474 g/mol. The molecule has 0 unspecified atom stereocenters. The Labute approximate surface area is 194 Å². The summed E-state index contributed by atoms with van der Waals surface area (Å²) in [5, 5.41) is 6.99. The number of ether oxygens (including phenoxy) is 2. The monoisotopic (exact) mass is 495 g/mol. The van der Waals surface area contributed by atoms with Gasteiger partial charge in [0.25, 0.3) is 5.91 Å². The van der Waals surface area contributed by atoms with Gasteiger partial charge in [0.15, 0.2) is 12.5 Å². The number of carbonyl (C=O) groups excluding carboxylic acids is 1. The second-order valence-electron chi connectivity index (χ2n) is 7.27. The molecule has 1 N–H and O–H groups in total. The van der Waals surface area contributed by atoms with Gasteiger partial charge >= 0.3 is 0 Å². The quantitative estimate of drug-likeness (QED) is 0.338. The number of rotatable bonds is 8. The largest absolute Gasteiger partial charge is 0.486 e. The van der Waals surface area contributed by atoms with Gasteiger partial charge in [-0.25, -0.2) is 4.68 Å². The predicted octanol–water partition coefficient (Wildman–Crippen LogP) is 5.72. The summed E-state index contributed by atoms with van der Waals surface area (Å²) in [5.41, 5.74) is 2.78. The van der Waals surface area contributed by atoms with Crippen LogP contribution in [0.25, 0.3) is 0 Å². The Morgan fingerprint density at radius 2 is 1.91 bits per heavy atom. The van der Waals surface area contributed by atoms with E-state index in [4.69, 9.17) is 13.9 Å². The molecule has 0 saturated heterocycles. The lowest BCUT2D eigenvalue weighted by Gasteiger charge is -2.09. The lowest BCUT2D eigenvalue weighted by molar-refractivity contribution is 0.0992. The highest BCUT2D eigenvalue weighted by Crippen LogP contribution is 2.20. The van der Waals surface area contributed by atoms with Crippen LogP contribution in [-0.2, 0) is 13.3 Å². The standard InChI is InChI=1S/C24H22BrN3O4/c1-16-3-9-22(17(2)11-16)31-15-28-13-19(12-26-28)27-24(29)23-10-8-21(32-23)14-30-20-6-4-18(25)5-7-20/h3-13H,14-15H2,1-2H3,(H,27,29). The Morgan fingerprint density at radius 1 is 1.09 bits per heavy atom. The van der Waals surface area contributed by atoms with Crippen LogP contribution in [0, 0.1) is 13.8 Å². The van der Waals surface area contributed by atoms with Crippen LogP contribution in [0.4, 0.5) is 5.69 Å². The lowest BCUT2D eigenvalue weighted by Crippen LogP contribution is -2.10. The fraction of sp³-hybridized carbons (Fsp3) is 0.167. The van der Waals surface area contributed by atoms with Crippen molar-refractivity contribution in [2.45, 2.75) is 27.2 Å². The molecule has 2 heterocycles. The number of amides is 1. The van der Waals surface area contributed by atoms with E-state index < -0.39 is 0 Å². The van der Waals surface area contributed by atoms with Gasteiger partial charge in [-0.05, 0) is 61.9 Å². The first-order valence-electron chi connectivity index (χ1n) is 9.97. The molecule has 8 heteroatoms. The number of hydrogen-bond donors (Lipinski definition) is 1. The molecular formula is C24H22BrN3O4. The Bertz CT molecular complexity index is 1210. The maximum absolute atomic E-state index is 12.5. The van der Waals surface area contributed by atoms with E-state index >= 15 is 0 Å². The average molecular weight is 496 g/mol. The molecule has 0 atom stereocenters. The first-order chi connectivity index (χ1) is 15.5. The molecule has 164 valence electrons. The molecule has 0 fully saturated rings. The van der Waals surface area contributed by atoms with Crippen LogP contribution in [-0.4, -0.2) is 15.7 Å². The Balaban J connectivity index is 1.29. The molecule has 32 heavy (non-hydrogen) atoms. The molecule has 2 aromatic heterocycles. The predicted molar refractivity (Wildman–Crippen MR) is 124 cm³/mol. The van der Waals surface area contributed by atoms with E-state index in [2.05, 4.69) is 32.4 Å². The van der Waals surface area contributed by atoms with Gasteiger partial charge in [0.05, 0.1) is 18.1 Å². The van der Waals surface area contributed by atoms with E-state index in [1.807, 2.05) is 50.2 Å². The smallest absolute Gasteiger partial charge is 0.291 e. The Morgan fingerprint density at radius 3 is 2.69 bits per heavy atom. The molecule has 0 spiro atoms. The van der Waals surface area contributed by atoms with E-state index in [0.717, 1.165) is 15.8 Å². The molecule has 0 aliphatic carbocycles. The molecule has 0 saturated carbocycles. The number of aryl methyl sites for hydroxylation is 2. The first-order valence-corrected chi connectivity index (χ1v) is 10.8. The van der Waals surface area contributed by atoms with Crippen LogP contribution in [0.1, 0.15) is 27.4 Å². The average Bonchev–Trinajstić information content (AvgIpc) is 3.42. The summed E-state index contributed by atoms with van der Waals surface area (Å²) >= 11 is 3.38. The van der Waals surface area contributed by atoms with Gasteiger partial charge < -0.3 is 19.2 Å². The zero-order valence-corrected chi connectivity index (χ0v) is 19.3. The molecule has 2 aromatic carbocycles. The molecule has 4 aromatic rings. The fourth-order valence-electron chi connectivity index (χ4n) is 3.05. The fourth-order valence-corrected chi connectivity index (χ4v) is 3.32. The van der Waals surface area contributed by atoms with Gasteiger partial charge in [0.1, 0.15) is 23.9 Å². The summed E-state index contributed by atoms with van der Waals surface area (Å²) in [6, 6.07) is 16.8. The Hall–Kier alpha value is -3.52. The molecule has 4 rings (SSSR count). The highest BCUT2D eigenvalue weighted by Gasteiger charge is 2.13. The summed E-state index contributed by atoms with van der Waals surface area (Å²) in [6.07, 6.45) is 3.26. The summed E-state index contributed by atoms with van der Waals surface area (Å²) in [4.78, 5) is 12.5. The molecule has 0 bridgehead atoms. The van der Waals surface area contributed by atoms with Gasteiger partial charge in [-0.15, -0.1) is 0 Å². The van der Waals surface area contributed by atoms with Crippen molar-refractivity contribution < 1.29 is 18.7 Å². The third-order valence-electron chi connectivity index (χ3n) is 4.65. The SMILES string of the molecule is Cc1ccc(OCn2cc(NC(=O)c3ccc(COc4ccc(Br)cc4)o3)cn2)c(C)c1. The van der Waals surface area contributed by atoms with Crippen molar-refractivity contribution in [2.24, 2.45) is 0 Å². The maximum Gasteiger partial charge on any atom is 0.291 e. The topological polar surface area (TPSA) is 78.5 Å². The van der Waals surface area contributed by atoms with Crippen molar-refractivity contribution in [1.29, 1.82) is 0 Å². The number of anilines is 1. The Kier molecular flexibility index (Phi) is 6.61. The summed E-state index contributed by atoms with van der Waals surface area (Å²) in [7, 11) is 0. The molecule has 7 nitrogen and oxygen atoms in total. The second kappa shape index (κ2) is 9.74. The summed E-state index contributed by atoms with van der Waals surface area (Å²) in [6.45, 7) is 4.50. The minimum absolute atomic E-state index is 0.193. The van der Waals surface area contributed by atoms with Crippen LogP contribution in [0.15, 0.2) is 75.9 Å². The zero-order chi connectivity index (χ0) is 22.5. The van der Waals surface area contributed by atoms with Crippen molar-refractivity contribution in [3.63, 3.8) is 0 Å². The van der Waals surface area contributed by atoms with Gasteiger partial charge in [-0.1, -0.05) is 33.6 Å². The first kappa shape index (κ1) is 21.7. The van der Waals surface area contributed by atoms with Crippen LogP contribution in [0.3, 0.4) is 0 Å². The van der Waals surface area contributed by atoms with Crippen molar-refractivity contribution in [3.05, 3.63) is 94.1 Å². The number of halogens is 1. The van der Waals surface area contributed by atoms with Gasteiger partial charge in [0, 0.05) is 4.47 Å². The highest BCUT2D eigenvalue weighted by atomic mass is 79.9. The van der Waals surface area contributed by atoms with E-state index in [0.29, 0.717) is 17.2 Å². The maximum atomic E-state index is 12.5. The van der Waals surface area contributed by atoms with Crippen LogP contribution in [0.5, 0.6) is 11.5 Å². The van der Waals surface area contributed by atoms with Gasteiger partial charge in [-0.3, -0.25) is 4.79 Å². The van der Waals surface area contributed by atoms with Crippen LogP contribution < -0.4 is 14.8 Å². The number of aromatic nitrogens is 2. The zero-order valence-electron chi connectivity index (χ0n) is 17.7. The van der Waals surface area contributed by atoms with Crippen molar-refractivity contribution in [3.8, 4) is 11.5 Å². The number of nitrogens with one attached hydrogen (secondary N) is 1. The summed E-state index contributed by atoms with van der Waals surface area (Å²) < 4.78 is 19.7. The van der Waals surface area contributed by atoms with Gasteiger partial charge in [0.2, 0.25) is 0 Å². The van der Waals surface area contributed by atoms with E-state index in [9.17, 15) is 4.79 Å². The van der Waals surface area contributed by atoms with Crippen LogP contribution in [0.2, 0.25) is 0 Å². The third kappa shape index (κ3) is 5.59. The van der Waals surface area contributed by atoms with E-state index in [-0.39, 0.29) is 25.0 Å². The van der Waals surface area contributed by atoms with Crippen molar-refractivity contribution in [1.82, 2.24) is 9.78 Å². The molecule has 0 radical (unpaired) electrons. The molecule has 0 aliphatic rings.